The normalized spacial score (nSPS) is 13.6. The molecule has 0 bridgehead atoms. The largest absolute Gasteiger partial charge is 0.377 e. The molecule has 164 valence electrons. The highest BCUT2D eigenvalue weighted by Gasteiger charge is 2.23. The molecule has 0 saturated carbocycles. The second-order valence-corrected chi connectivity index (χ2v) is 7.82. The summed E-state index contributed by atoms with van der Waals surface area (Å²) in [5.41, 5.74) is 1.51. The Labute approximate surface area is 185 Å². The summed E-state index contributed by atoms with van der Waals surface area (Å²) in [5, 5.41) is 14.3. The summed E-state index contributed by atoms with van der Waals surface area (Å²) in [5.74, 6) is -0.728. The molecule has 9 nitrogen and oxygen atoms in total. The van der Waals surface area contributed by atoms with Crippen molar-refractivity contribution in [3.05, 3.63) is 63.2 Å². The average molecular weight is 446 g/mol. The maximum Gasteiger partial charge on any atom is 0.270 e. The van der Waals surface area contributed by atoms with Gasteiger partial charge in [-0.2, -0.15) is 0 Å². The molecule has 2 aromatic rings. The summed E-state index contributed by atoms with van der Waals surface area (Å²) in [7, 11) is 3.48. The van der Waals surface area contributed by atoms with Gasteiger partial charge in [-0.05, 0) is 24.3 Å². The summed E-state index contributed by atoms with van der Waals surface area (Å²) < 4.78 is 0. The molecule has 0 spiro atoms. The Hall–Kier alpha value is -3.33. The first kappa shape index (κ1) is 22.4. The molecular formula is C21H24ClN5O4. The molecule has 1 N–H and O–H groups in total. The molecule has 0 radical (unpaired) electrons. The fraction of sp³-hybridized carbons (Fsp3) is 0.333. The molecule has 0 unspecified atom stereocenters. The van der Waals surface area contributed by atoms with E-state index in [-0.39, 0.29) is 23.7 Å². The molecule has 1 fully saturated rings. The summed E-state index contributed by atoms with van der Waals surface area (Å²) in [4.78, 5) is 41.3. The third kappa shape index (κ3) is 5.43. The van der Waals surface area contributed by atoms with E-state index in [1.54, 1.807) is 23.9 Å². The van der Waals surface area contributed by atoms with Gasteiger partial charge in [-0.15, -0.1) is 0 Å². The van der Waals surface area contributed by atoms with E-state index < -0.39 is 10.8 Å². The number of hydrogen-bond acceptors (Lipinski definition) is 6. The molecule has 2 amide bonds. The molecule has 0 aromatic heterocycles. The smallest absolute Gasteiger partial charge is 0.270 e. The Morgan fingerprint density at radius 3 is 2.45 bits per heavy atom. The Morgan fingerprint density at radius 1 is 1.13 bits per heavy atom. The second-order valence-electron chi connectivity index (χ2n) is 7.38. The van der Waals surface area contributed by atoms with E-state index in [4.69, 9.17) is 11.6 Å². The number of non-ortho nitro benzene ring substituents is 1. The summed E-state index contributed by atoms with van der Waals surface area (Å²) >= 11 is 6.05. The number of piperazine rings is 1. The van der Waals surface area contributed by atoms with Gasteiger partial charge < -0.3 is 20.0 Å². The third-order valence-corrected chi connectivity index (χ3v) is 5.36. The molecule has 10 heteroatoms. The second kappa shape index (κ2) is 9.65. The monoisotopic (exact) mass is 445 g/mol. The SMILES string of the molecule is CN(C)c1ccc([N+](=O)[O-])cc1C(=O)NCC(=O)N1CCN(c2cccc(Cl)c2)CC1. The van der Waals surface area contributed by atoms with E-state index in [0.717, 1.165) is 5.69 Å². The number of nitro groups is 1. The predicted octanol–water partition coefficient (Wildman–Crippen LogP) is 2.39. The van der Waals surface area contributed by atoms with E-state index in [0.29, 0.717) is 36.9 Å². The molecule has 1 aliphatic rings. The van der Waals surface area contributed by atoms with Crippen LogP contribution in [0.3, 0.4) is 0 Å². The van der Waals surface area contributed by atoms with Crippen molar-refractivity contribution < 1.29 is 14.5 Å². The van der Waals surface area contributed by atoms with Gasteiger partial charge in [-0.25, -0.2) is 0 Å². The molecule has 0 aliphatic carbocycles. The zero-order valence-electron chi connectivity index (χ0n) is 17.4. The van der Waals surface area contributed by atoms with Gasteiger partial charge in [0, 0.05) is 68.8 Å². The molecule has 3 rings (SSSR count). The van der Waals surface area contributed by atoms with Crippen LogP contribution in [-0.4, -0.2) is 68.5 Å². The van der Waals surface area contributed by atoms with Crippen LogP contribution in [-0.2, 0) is 4.79 Å². The number of carbonyl (C=O) groups excluding carboxylic acids is 2. The molecule has 1 aliphatic heterocycles. The lowest BCUT2D eigenvalue weighted by molar-refractivity contribution is -0.384. The van der Waals surface area contributed by atoms with Crippen molar-refractivity contribution >= 4 is 40.5 Å². The zero-order valence-corrected chi connectivity index (χ0v) is 18.1. The summed E-state index contributed by atoms with van der Waals surface area (Å²) in [6.45, 7) is 2.21. The van der Waals surface area contributed by atoms with Crippen LogP contribution >= 0.6 is 11.6 Å². The fourth-order valence-electron chi connectivity index (χ4n) is 3.46. The number of nitro benzene ring substituents is 1. The predicted molar refractivity (Wildman–Crippen MR) is 120 cm³/mol. The number of halogens is 1. The average Bonchev–Trinajstić information content (AvgIpc) is 2.76. The van der Waals surface area contributed by atoms with Crippen molar-refractivity contribution in [2.75, 3.05) is 56.6 Å². The van der Waals surface area contributed by atoms with Crippen LogP contribution in [0.2, 0.25) is 5.02 Å². The quantitative estimate of drug-likeness (QED) is 0.541. The number of anilines is 2. The summed E-state index contributed by atoms with van der Waals surface area (Å²) in [6, 6.07) is 11.7. The number of amides is 2. The molecular weight excluding hydrogens is 422 g/mol. The standard InChI is InChI=1S/C21H24ClN5O4/c1-24(2)19-7-6-17(27(30)31)13-18(19)21(29)23-14-20(28)26-10-8-25(9-11-26)16-5-3-4-15(22)12-16/h3-7,12-13H,8-11,14H2,1-2H3,(H,23,29). The van der Waals surface area contributed by atoms with E-state index in [9.17, 15) is 19.7 Å². The van der Waals surface area contributed by atoms with Crippen molar-refractivity contribution in [1.29, 1.82) is 0 Å². The first-order chi connectivity index (χ1) is 14.8. The van der Waals surface area contributed by atoms with Crippen LogP contribution in [0, 0.1) is 10.1 Å². The number of nitrogens with zero attached hydrogens (tertiary/aromatic N) is 4. The van der Waals surface area contributed by atoms with E-state index in [1.165, 1.54) is 18.2 Å². The fourth-order valence-corrected chi connectivity index (χ4v) is 3.64. The number of rotatable bonds is 6. The van der Waals surface area contributed by atoms with Crippen LogP contribution in [0.1, 0.15) is 10.4 Å². The minimum absolute atomic E-state index is 0.151. The van der Waals surface area contributed by atoms with Gasteiger partial charge in [0.05, 0.1) is 17.0 Å². The lowest BCUT2D eigenvalue weighted by Gasteiger charge is -2.36. The van der Waals surface area contributed by atoms with Gasteiger partial charge in [0.2, 0.25) is 5.91 Å². The minimum atomic E-state index is -0.555. The molecule has 1 heterocycles. The van der Waals surface area contributed by atoms with Crippen molar-refractivity contribution in [1.82, 2.24) is 10.2 Å². The lowest BCUT2D eigenvalue weighted by atomic mass is 10.1. The highest BCUT2D eigenvalue weighted by molar-refractivity contribution is 6.30. The van der Waals surface area contributed by atoms with Crippen LogP contribution < -0.4 is 15.1 Å². The van der Waals surface area contributed by atoms with Gasteiger partial charge in [-0.3, -0.25) is 19.7 Å². The number of hydrogen-bond donors (Lipinski definition) is 1. The Morgan fingerprint density at radius 2 is 1.84 bits per heavy atom. The first-order valence-corrected chi connectivity index (χ1v) is 10.2. The van der Waals surface area contributed by atoms with Gasteiger partial charge in [-0.1, -0.05) is 17.7 Å². The Kier molecular flexibility index (Phi) is 6.96. The van der Waals surface area contributed by atoms with Gasteiger partial charge >= 0.3 is 0 Å². The molecule has 31 heavy (non-hydrogen) atoms. The lowest BCUT2D eigenvalue weighted by Crippen LogP contribution is -2.51. The Bertz CT molecular complexity index is 989. The number of carbonyl (C=O) groups is 2. The van der Waals surface area contributed by atoms with Crippen molar-refractivity contribution in [3.8, 4) is 0 Å². The highest BCUT2D eigenvalue weighted by Crippen LogP contribution is 2.24. The molecule has 2 aromatic carbocycles. The maximum absolute atomic E-state index is 12.6. The maximum atomic E-state index is 12.6. The van der Waals surface area contributed by atoms with Crippen molar-refractivity contribution in [3.63, 3.8) is 0 Å². The minimum Gasteiger partial charge on any atom is -0.377 e. The highest BCUT2D eigenvalue weighted by atomic mass is 35.5. The van der Waals surface area contributed by atoms with Crippen molar-refractivity contribution in [2.45, 2.75) is 0 Å². The molecule has 0 atom stereocenters. The van der Waals surface area contributed by atoms with E-state index in [2.05, 4.69) is 10.2 Å². The van der Waals surface area contributed by atoms with E-state index in [1.807, 2.05) is 24.3 Å². The van der Waals surface area contributed by atoms with Crippen molar-refractivity contribution in [2.24, 2.45) is 0 Å². The van der Waals surface area contributed by atoms with Crippen LogP contribution in [0.5, 0.6) is 0 Å². The van der Waals surface area contributed by atoms with Crippen LogP contribution in [0.25, 0.3) is 0 Å². The van der Waals surface area contributed by atoms with E-state index >= 15 is 0 Å². The zero-order chi connectivity index (χ0) is 22.5. The number of nitrogens with one attached hydrogen (secondary N) is 1. The van der Waals surface area contributed by atoms with Gasteiger partial charge in [0.1, 0.15) is 0 Å². The van der Waals surface area contributed by atoms with Crippen LogP contribution in [0.4, 0.5) is 17.1 Å². The summed E-state index contributed by atoms with van der Waals surface area (Å²) in [6.07, 6.45) is 0. The topological polar surface area (TPSA) is 99.0 Å². The van der Waals surface area contributed by atoms with Gasteiger partial charge in [0.25, 0.3) is 11.6 Å². The molecule has 1 saturated heterocycles. The first-order valence-electron chi connectivity index (χ1n) is 9.78. The number of benzene rings is 2. The third-order valence-electron chi connectivity index (χ3n) is 5.12. The van der Waals surface area contributed by atoms with Gasteiger partial charge in [0.15, 0.2) is 0 Å². The Balaban J connectivity index is 1.58. The van der Waals surface area contributed by atoms with Crippen LogP contribution in [0.15, 0.2) is 42.5 Å².